The molecule has 1 heterocycles. The highest BCUT2D eigenvalue weighted by atomic mass is 32.1. The van der Waals surface area contributed by atoms with Crippen molar-refractivity contribution in [3.05, 3.63) is 16.1 Å². The van der Waals surface area contributed by atoms with Crippen molar-refractivity contribution < 1.29 is 0 Å². The van der Waals surface area contributed by atoms with E-state index in [1.54, 1.807) is 11.3 Å². The van der Waals surface area contributed by atoms with E-state index in [9.17, 15) is 0 Å². The van der Waals surface area contributed by atoms with Gasteiger partial charge >= 0.3 is 0 Å². The first-order valence-corrected chi connectivity index (χ1v) is 8.03. The molecular weight excluding hydrogens is 242 g/mol. The molecule has 1 fully saturated rings. The SMILES string of the molecule is CCc1nc(CN(CC)C2CCC(N)CC2)cs1. The Morgan fingerprint density at radius 2 is 2.06 bits per heavy atom. The van der Waals surface area contributed by atoms with Crippen LogP contribution in [0, 0.1) is 0 Å². The van der Waals surface area contributed by atoms with Crippen LogP contribution >= 0.6 is 11.3 Å². The molecule has 0 unspecified atom stereocenters. The van der Waals surface area contributed by atoms with Gasteiger partial charge in [-0.1, -0.05) is 13.8 Å². The second-order valence-corrected chi connectivity index (χ2v) is 6.16. The number of hydrogen-bond acceptors (Lipinski definition) is 4. The molecule has 0 saturated heterocycles. The van der Waals surface area contributed by atoms with Crippen LogP contribution in [0.2, 0.25) is 0 Å². The highest BCUT2D eigenvalue weighted by Gasteiger charge is 2.23. The van der Waals surface area contributed by atoms with E-state index in [4.69, 9.17) is 5.73 Å². The number of rotatable bonds is 5. The molecule has 2 N–H and O–H groups in total. The largest absolute Gasteiger partial charge is 0.328 e. The van der Waals surface area contributed by atoms with Crippen LogP contribution in [0.25, 0.3) is 0 Å². The number of aromatic nitrogens is 1. The molecule has 1 aliphatic carbocycles. The molecule has 4 heteroatoms. The third-order valence-electron chi connectivity index (χ3n) is 3.93. The van der Waals surface area contributed by atoms with Gasteiger partial charge in [0, 0.05) is 24.0 Å². The first-order chi connectivity index (χ1) is 8.72. The summed E-state index contributed by atoms with van der Waals surface area (Å²) in [5, 5.41) is 3.47. The Bertz CT molecular complexity index is 356. The fourth-order valence-electron chi connectivity index (χ4n) is 2.76. The molecular formula is C14H25N3S. The van der Waals surface area contributed by atoms with Gasteiger partial charge in [-0.2, -0.15) is 0 Å². The predicted molar refractivity (Wildman–Crippen MR) is 77.8 cm³/mol. The maximum atomic E-state index is 5.98. The molecule has 0 radical (unpaired) electrons. The highest BCUT2D eigenvalue weighted by Crippen LogP contribution is 2.23. The van der Waals surface area contributed by atoms with E-state index in [-0.39, 0.29) is 0 Å². The van der Waals surface area contributed by atoms with E-state index in [0.29, 0.717) is 12.1 Å². The Labute approximate surface area is 114 Å². The summed E-state index contributed by atoms with van der Waals surface area (Å²) in [6, 6.07) is 1.15. The molecule has 0 atom stereocenters. The van der Waals surface area contributed by atoms with E-state index < -0.39 is 0 Å². The quantitative estimate of drug-likeness (QED) is 0.892. The number of thiazole rings is 1. The van der Waals surface area contributed by atoms with Gasteiger partial charge in [-0.05, 0) is 38.6 Å². The number of hydrogen-bond donors (Lipinski definition) is 1. The average molecular weight is 267 g/mol. The molecule has 3 nitrogen and oxygen atoms in total. The van der Waals surface area contributed by atoms with Crippen molar-refractivity contribution in [2.24, 2.45) is 5.73 Å². The number of aryl methyl sites for hydroxylation is 1. The van der Waals surface area contributed by atoms with E-state index in [1.165, 1.54) is 36.4 Å². The summed E-state index contributed by atoms with van der Waals surface area (Å²) >= 11 is 1.79. The molecule has 1 saturated carbocycles. The fourth-order valence-corrected chi connectivity index (χ4v) is 3.49. The molecule has 1 aliphatic rings. The van der Waals surface area contributed by atoms with Gasteiger partial charge in [0.2, 0.25) is 0 Å². The minimum atomic E-state index is 0.436. The van der Waals surface area contributed by atoms with Gasteiger partial charge in [0.05, 0.1) is 10.7 Å². The van der Waals surface area contributed by atoms with E-state index in [1.807, 2.05) is 0 Å². The molecule has 1 aromatic rings. The Hall–Kier alpha value is -0.450. The standard InChI is InChI=1S/C14H25N3S/c1-3-14-16-12(10-18-14)9-17(4-2)13-7-5-11(15)6-8-13/h10-11,13H,3-9,15H2,1-2H3. The normalized spacial score (nSPS) is 24.7. The van der Waals surface area contributed by atoms with Gasteiger partial charge in [0.25, 0.3) is 0 Å². The van der Waals surface area contributed by atoms with Crippen molar-refractivity contribution >= 4 is 11.3 Å². The van der Waals surface area contributed by atoms with E-state index in [0.717, 1.165) is 19.5 Å². The Kier molecular flexibility index (Phi) is 5.15. The third-order valence-corrected chi connectivity index (χ3v) is 4.97. The van der Waals surface area contributed by atoms with Gasteiger partial charge < -0.3 is 5.73 Å². The van der Waals surface area contributed by atoms with Crippen molar-refractivity contribution in [3.8, 4) is 0 Å². The average Bonchev–Trinajstić information content (AvgIpc) is 2.85. The zero-order valence-corrected chi connectivity index (χ0v) is 12.4. The summed E-state index contributed by atoms with van der Waals surface area (Å²) < 4.78 is 0. The van der Waals surface area contributed by atoms with Crippen LogP contribution in [0.4, 0.5) is 0 Å². The molecule has 102 valence electrons. The maximum absolute atomic E-state index is 5.98. The summed E-state index contributed by atoms with van der Waals surface area (Å²) in [7, 11) is 0. The molecule has 0 aliphatic heterocycles. The van der Waals surface area contributed by atoms with Gasteiger partial charge in [-0.15, -0.1) is 11.3 Å². The van der Waals surface area contributed by atoms with Crippen molar-refractivity contribution in [1.29, 1.82) is 0 Å². The monoisotopic (exact) mass is 267 g/mol. The summed E-state index contributed by atoms with van der Waals surface area (Å²) in [6.07, 6.45) is 5.91. The Morgan fingerprint density at radius 3 is 2.61 bits per heavy atom. The fraction of sp³-hybridized carbons (Fsp3) is 0.786. The van der Waals surface area contributed by atoms with Gasteiger partial charge in [0.1, 0.15) is 0 Å². The smallest absolute Gasteiger partial charge is 0.0926 e. The van der Waals surface area contributed by atoms with Crippen molar-refractivity contribution in [3.63, 3.8) is 0 Å². The van der Waals surface area contributed by atoms with Crippen LogP contribution in [0.15, 0.2) is 5.38 Å². The molecule has 2 rings (SSSR count). The number of nitrogens with zero attached hydrogens (tertiary/aromatic N) is 2. The minimum Gasteiger partial charge on any atom is -0.328 e. The first-order valence-electron chi connectivity index (χ1n) is 7.15. The lowest BCUT2D eigenvalue weighted by Gasteiger charge is -2.35. The lowest BCUT2D eigenvalue weighted by atomic mass is 9.90. The lowest BCUT2D eigenvalue weighted by molar-refractivity contribution is 0.148. The minimum absolute atomic E-state index is 0.436. The van der Waals surface area contributed by atoms with Crippen LogP contribution in [0.1, 0.15) is 50.2 Å². The lowest BCUT2D eigenvalue weighted by Crippen LogP contribution is -2.40. The number of nitrogens with two attached hydrogens (primary N) is 1. The van der Waals surface area contributed by atoms with Gasteiger partial charge in [0.15, 0.2) is 0 Å². The van der Waals surface area contributed by atoms with Crippen LogP contribution in [-0.2, 0) is 13.0 Å². The second kappa shape index (κ2) is 6.64. The Morgan fingerprint density at radius 1 is 1.33 bits per heavy atom. The van der Waals surface area contributed by atoms with Crippen LogP contribution in [0.5, 0.6) is 0 Å². The highest BCUT2D eigenvalue weighted by molar-refractivity contribution is 7.09. The molecule has 0 aromatic carbocycles. The van der Waals surface area contributed by atoms with Crippen LogP contribution in [0.3, 0.4) is 0 Å². The Balaban J connectivity index is 1.92. The van der Waals surface area contributed by atoms with E-state index in [2.05, 4.69) is 29.1 Å². The third kappa shape index (κ3) is 3.53. The maximum Gasteiger partial charge on any atom is 0.0926 e. The summed E-state index contributed by atoms with van der Waals surface area (Å²) in [5.74, 6) is 0. The predicted octanol–water partition coefficient (Wildman–Crippen LogP) is 2.80. The van der Waals surface area contributed by atoms with Gasteiger partial charge in [-0.25, -0.2) is 4.98 Å². The molecule has 0 bridgehead atoms. The summed E-state index contributed by atoms with van der Waals surface area (Å²) in [6.45, 7) is 6.54. The molecule has 18 heavy (non-hydrogen) atoms. The molecule has 0 spiro atoms. The summed E-state index contributed by atoms with van der Waals surface area (Å²) in [4.78, 5) is 7.25. The molecule has 0 amide bonds. The van der Waals surface area contributed by atoms with Gasteiger partial charge in [-0.3, -0.25) is 4.90 Å². The second-order valence-electron chi connectivity index (χ2n) is 5.22. The van der Waals surface area contributed by atoms with E-state index >= 15 is 0 Å². The summed E-state index contributed by atoms with van der Waals surface area (Å²) in [5.41, 5.74) is 7.23. The van der Waals surface area contributed by atoms with Crippen LogP contribution < -0.4 is 5.73 Å². The van der Waals surface area contributed by atoms with Crippen molar-refractivity contribution in [2.45, 2.75) is 64.6 Å². The van der Waals surface area contributed by atoms with Crippen molar-refractivity contribution in [1.82, 2.24) is 9.88 Å². The first kappa shape index (κ1) is 14.0. The van der Waals surface area contributed by atoms with Crippen molar-refractivity contribution in [2.75, 3.05) is 6.54 Å². The molecule has 1 aromatic heterocycles. The topological polar surface area (TPSA) is 42.2 Å². The zero-order valence-electron chi connectivity index (χ0n) is 11.6. The zero-order chi connectivity index (χ0) is 13.0. The van der Waals surface area contributed by atoms with Crippen LogP contribution in [-0.4, -0.2) is 28.5 Å².